The third-order valence-electron chi connectivity index (χ3n) is 3.16. The molecule has 0 saturated carbocycles. The molecule has 2 aliphatic heterocycles. The van der Waals surface area contributed by atoms with Crippen molar-refractivity contribution in [2.45, 2.75) is 12.1 Å². The zero-order chi connectivity index (χ0) is 14.2. The molecule has 7 heteroatoms. The van der Waals surface area contributed by atoms with E-state index in [2.05, 4.69) is 20.0 Å². The molecule has 0 bridgehead atoms. The largest absolute Gasteiger partial charge is 0.496 e. The van der Waals surface area contributed by atoms with Crippen molar-refractivity contribution in [2.24, 2.45) is 25.7 Å². The Morgan fingerprint density at radius 2 is 2.15 bits per heavy atom. The lowest BCUT2D eigenvalue weighted by Gasteiger charge is -2.27. The third-order valence-corrected chi connectivity index (χ3v) is 3.39. The standard InChI is InChI=1S/C13H12ClN5O/c1-20-10-3-2-9(14)4-8(10)5-13(15)11-12(17-6-16-11)18-7-19-13/h2-4,6-7H,5,15H2,1H3. The number of nitrogens with two attached hydrogens (primary N) is 1. The molecule has 2 N–H and O–H groups in total. The van der Waals surface area contributed by atoms with E-state index in [-0.39, 0.29) is 0 Å². The SMILES string of the molecule is COc1ccc(Cl)cc1CC1(N)N=CN=C2N=CN=C21. The maximum absolute atomic E-state index is 6.36. The molecule has 0 amide bonds. The van der Waals surface area contributed by atoms with E-state index in [0.717, 1.165) is 5.56 Å². The van der Waals surface area contributed by atoms with Crippen molar-refractivity contribution in [3.63, 3.8) is 0 Å². The van der Waals surface area contributed by atoms with Crippen molar-refractivity contribution in [1.29, 1.82) is 0 Å². The lowest BCUT2D eigenvalue weighted by molar-refractivity contribution is 0.406. The average Bonchev–Trinajstić information content (AvgIpc) is 2.89. The Balaban J connectivity index is 1.97. The molecule has 1 unspecified atom stereocenters. The molecular weight excluding hydrogens is 278 g/mol. The number of nitrogens with zero attached hydrogens (tertiary/aromatic N) is 4. The number of aliphatic imine (C=N–C) groups is 4. The summed E-state index contributed by atoms with van der Waals surface area (Å²) in [6.07, 6.45) is 3.24. The van der Waals surface area contributed by atoms with Gasteiger partial charge in [-0.05, 0) is 23.8 Å². The van der Waals surface area contributed by atoms with Crippen molar-refractivity contribution in [1.82, 2.24) is 0 Å². The highest BCUT2D eigenvalue weighted by atomic mass is 35.5. The molecule has 1 atom stereocenters. The van der Waals surface area contributed by atoms with E-state index >= 15 is 0 Å². The van der Waals surface area contributed by atoms with Gasteiger partial charge in [-0.3, -0.25) is 0 Å². The molecular formula is C13H12ClN5O. The van der Waals surface area contributed by atoms with Gasteiger partial charge in [-0.1, -0.05) is 11.6 Å². The van der Waals surface area contributed by atoms with Crippen LogP contribution in [0.4, 0.5) is 0 Å². The molecule has 0 aliphatic carbocycles. The Bertz CT molecular complexity index is 679. The van der Waals surface area contributed by atoms with Gasteiger partial charge in [0.15, 0.2) is 11.5 Å². The Kier molecular flexibility index (Phi) is 3.11. The summed E-state index contributed by atoms with van der Waals surface area (Å²) in [6.45, 7) is 0. The lowest BCUT2D eigenvalue weighted by atomic mass is 9.94. The van der Waals surface area contributed by atoms with Crippen molar-refractivity contribution < 1.29 is 4.74 Å². The van der Waals surface area contributed by atoms with Crippen LogP contribution in [0.1, 0.15) is 5.56 Å². The number of benzene rings is 1. The fourth-order valence-electron chi connectivity index (χ4n) is 2.21. The minimum absolute atomic E-state index is 0.397. The lowest BCUT2D eigenvalue weighted by Crippen LogP contribution is -2.52. The van der Waals surface area contributed by atoms with E-state index in [9.17, 15) is 0 Å². The molecule has 0 fully saturated rings. The first-order valence-electron chi connectivity index (χ1n) is 5.96. The monoisotopic (exact) mass is 289 g/mol. The van der Waals surface area contributed by atoms with Crippen LogP contribution in [0.5, 0.6) is 5.75 Å². The normalized spacial score (nSPS) is 23.4. The highest BCUT2D eigenvalue weighted by Crippen LogP contribution is 2.28. The summed E-state index contributed by atoms with van der Waals surface area (Å²) < 4.78 is 5.33. The fraction of sp³-hybridized carbons (Fsp3) is 0.231. The van der Waals surface area contributed by atoms with Crippen LogP contribution in [0.25, 0.3) is 0 Å². The van der Waals surface area contributed by atoms with Gasteiger partial charge >= 0.3 is 0 Å². The molecule has 0 radical (unpaired) electrons. The van der Waals surface area contributed by atoms with E-state index in [1.165, 1.54) is 12.7 Å². The molecule has 1 aromatic rings. The number of rotatable bonds is 3. The summed E-state index contributed by atoms with van der Waals surface area (Å²) >= 11 is 6.03. The van der Waals surface area contributed by atoms with Gasteiger partial charge in [-0.15, -0.1) is 0 Å². The number of methoxy groups -OCH3 is 1. The maximum atomic E-state index is 6.36. The van der Waals surface area contributed by atoms with Gasteiger partial charge < -0.3 is 10.5 Å². The third kappa shape index (κ3) is 2.13. The number of hydrogen-bond acceptors (Lipinski definition) is 6. The number of ether oxygens (including phenoxy) is 1. The van der Waals surface area contributed by atoms with Gasteiger partial charge in [0.25, 0.3) is 0 Å². The highest BCUT2D eigenvalue weighted by Gasteiger charge is 2.38. The van der Waals surface area contributed by atoms with Crippen molar-refractivity contribution in [3.8, 4) is 5.75 Å². The van der Waals surface area contributed by atoms with Crippen LogP contribution < -0.4 is 10.5 Å². The first kappa shape index (κ1) is 13.0. The van der Waals surface area contributed by atoms with E-state index < -0.39 is 5.66 Å². The Hall–Kier alpha value is -2.05. The van der Waals surface area contributed by atoms with Gasteiger partial charge in [-0.25, -0.2) is 20.0 Å². The van der Waals surface area contributed by atoms with Gasteiger partial charge in [0.2, 0.25) is 0 Å². The molecule has 6 nitrogen and oxygen atoms in total. The predicted octanol–water partition coefficient (Wildman–Crippen LogP) is 1.47. The minimum Gasteiger partial charge on any atom is -0.496 e. The maximum Gasteiger partial charge on any atom is 0.180 e. The minimum atomic E-state index is -1.01. The zero-order valence-electron chi connectivity index (χ0n) is 10.7. The van der Waals surface area contributed by atoms with Gasteiger partial charge in [0.1, 0.15) is 24.1 Å². The second kappa shape index (κ2) is 4.81. The van der Waals surface area contributed by atoms with E-state index in [0.29, 0.717) is 28.7 Å². The molecule has 102 valence electrons. The molecule has 1 aromatic carbocycles. The van der Waals surface area contributed by atoms with Crippen LogP contribution in [0.3, 0.4) is 0 Å². The zero-order valence-corrected chi connectivity index (χ0v) is 11.5. The van der Waals surface area contributed by atoms with Crippen LogP contribution in [0.2, 0.25) is 5.02 Å². The van der Waals surface area contributed by atoms with Crippen LogP contribution >= 0.6 is 11.6 Å². The summed E-state index contributed by atoms with van der Waals surface area (Å²) in [6, 6.07) is 5.38. The number of halogens is 1. The van der Waals surface area contributed by atoms with Crippen molar-refractivity contribution in [3.05, 3.63) is 28.8 Å². The quantitative estimate of drug-likeness (QED) is 0.913. The van der Waals surface area contributed by atoms with Gasteiger partial charge in [0, 0.05) is 11.4 Å². The Morgan fingerprint density at radius 1 is 1.30 bits per heavy atom. The summed E-state index contributed by atoms with van der Waals surface area (Å²) in [5.74, 6) is 1.21. The summed E-state index contributed by atoms with van der Waals surface area (Å²) in [5, 5.41) is 0.614. The van der Waals surface area contributed by atoms with Crippen molar-refractivity contribution >= 4 is 35.8 Å². The first-order valence-corrected chi connectivity index (χ1v) is 6.34. The highest BCUT2D eigenvalue weighted by molar-refractivity contribution is 6.50. The van der Waals surface area contributed by atoms with Crippen LogP contribution in [0, 0.1) is 0 Å². The first-order chi connectivity index (χ1) is 9.62. The molecule has 2 heterocycles. The second-order valence-electron chi connectivity index (χ2n) is 4.48. The molecule has 20 heavy (non-hydrogen) atoms. The molecule has 0 aromatic heterocycles. The van der Waals surface area contributed by atoms with E-state index in [1.54, 1.807) is 19.2 Å². The number of amidine groups is 1. The van der Waals surface area contributed by atoms with Crippen LogP contribution in [0.15, 0.2) is 38.2 Å². The molecule has 3 rings (SSSR count). The Morgan fingerprint density at radius 3 is 2.95 bits per heavy atom. The predicted molar refractivity (Wildman–Crippen MR) is 80.5 cm³/mol. The number of fused-ring (bicyclic) bond motifs is 1. The van der Waals surface area contributed by atoms with E-state index in [1.807, 2.05) is 6.07 Å². The molecule has 0 saturated heterocycles. The summed E-state index contributed by atoms with van der Waals surface area (Å²) in [5.41, 5.74) is 6.77. The molecule has 0 spiro atoms. The van der Waals surface area contributed by atoms with Crippen molar-refractivity contribution in [2.75, 3.05) is 7.11 Å². The molecule has 2 aliphatic rings. The second-order valence-corrected chi connectivity index (χ2v) is 4.91. The van der Waals surface area contributed by atoms with Gasteiger partial charge in [0.05, 0.1) is 7.11 Å². The number of hydrogen-bond donors (Lipinski definition) is 1. The average molecular weight is 290 g/mol. The summed E-state index contributed by atoms with van der Waals surface area (Å²) in [4.78, 5) is 16.5. The topological polar surface area (TPSA) is 84.7 Å². The van der Waals surface area contributed by atoms with Crippen LogP contribution in [-0.4, -0.2) is 37.0 Å². The van der Waals surface area contributed by atoms with E-state index in [4.69, 9.17) is 22.1 Å². The van der Waals surface area contributed by atoms with Gasteiger partial charge in [-0.2, -0.15) is 0 Å². The van der Waals surface area contributed by atoms with Crippen LogP contribution in [-0.2, 0) is 6.42 Å². The fourth-order valence-corrected chi connectivity index (χ4v) is 2.41. The summed E-state index contributed by atoms with van der Waals surface area (Å²) in [7, 11) is 1.60. The smallest absolute Gasteiger partial charge is 0.180 e. The Labute approximate surface area is 120 Å².